The van der Waals surface area contributed by atoms with E-state index in [1.807, 2.05) is 14.0 Å². The molecule has 16 heavy (non-hydrogen) atoms. The van der Waals surface area contributed by atoms with Gasteiger partial charge in [-0.2, -0.15) is 0 Å². The largest absolute Gasteiger partial charge is 0.309 e. The summed E-state index contributed by atoms with van der Waals surface area (Å²) in [4.78, 5) is 9.16. The molecule has 0 fully saturated rings. The third-order valence-corrected chi connectivity index (χ3v) is 4.17. The average Bonchev–Trinajstić information content (AvgIpc) is 2.64. The van der Waals surface area contributed by atoms with E-state index in [4.69, 9.17) is 11.6 Å². The third kappa shape index (κ3) is 2.09. The van der Waals surface area contributed by atoms with Crippen molar-refractivity contribution in [3.8, 4) is 0 Å². The lowest BCUT2D eigenvalue weighted by Crippen LogP contribution is -2.17. The molecule has 0 saturated heterocycles. The van der Waals surface area contributed by atoms with Crippen molar-refractivity contribution < 1.29 is 0 Å². The van der Waals surface area contributed by atoms with Crippen LogP contribution in [0.25, 0.3) is 0 Å². The van der Waals surface area contributed by atoms with Gasteiger partial charge in [0.05, 0.1) is 11.1 Å². The Labute approximate surface area is 104 Å². The van der Waals surface area contributed by atoms with Crippen LogP contribution in [-0.2, 0) is 0 Å². The summed E-state index contributed by atoms with van der Waals surface area (Å²) in [5.74, 6) is 0. The molecule has 2 heterocycles. The highest BCUT2D eigenvalue weighted by Gasteiger charge is 2.18. The lowest BCUT2D eigenvalue weighted by Gasteiger charge is -2.14. The maximum absolute atomic E-state index is 6.26. The Morgan fingerprint density at radius 3 is 2.56 bits per heavy atom. The second-order valence-corrected chi connectivity index (χ2v) is 4.78. The van der Waals surface area contributed by atoms with Crippen LogP contribution >= 0.6 is 22.9 Å². The molecule has 0 amide bonds. The number of aromatic nitrogens is 2. The molecule has 0 aliphatic heterocycles. The van der Waals surface area contributed by atoms with Crippen molar-refractivity contribution in [3.05, 3.63) is 45.1 Å². The van der Waals surface area contributed by atoms with Gasteiger partial charge in [-0.25, -0.2) is 9.97 Å². The molecular weight excluding hydrogens is 242 g/mol. The Hall–Kier alpha value is -0.970. The van der Waals surface area contributed by atoms with E-state index >= 15 is 0 Å². The van der Waals surface area contributed by atoms with Crippen molar-refractivity contribution in [2.24, 2.45) is 0 Å². The molecule has 2 rings (SSSR count). The molecule has 1 atom stereocenters. The van der Waals surface area contributed by atoms with Crippen LogP contribution in [0.4, 0.5) is 0 Å². The van der Waals surface area contributed by atoms with E-state index < -0.39 is 0 Å². The minimum atomic E-state index is 0.0624. The van der Waals surface area contributed by atoms with Crippen molar-refractivity contribution in [3.63, 3.8) is 0 Å². The molecule has 3 nitrogen and oxygen atoms in total. The predicted octanol–water partition coefficient (Wildman–Crippen LogP) is 2.81. The molecule has 0 radical (unpaired) electrons. The summed E-state index contributed by atoms with van der Waals surface area (Å²) in [6, 6.07) is 0.0624. The van der Waals surface area contributed by atoms with Gasteiger partial charge in [0, 0.05) is 22.8 Å². The number of nitrogens with zero attached hydrogens (tertiary/aromatic N) is 2. The third-order valence-electron chi connectivity index (χ3n) is 2.39. The van der Waals surface area contributed by atoms with Crippen LogP contribution in [0.3, 0.4) is 0 Å². The lowest BCUT2D eigenvalue weighted by atomic mass is 10.1. The molecule has 1 N–H and O–H groups in total. The van der Waals surface area contributed by atoms with Gasteiger partial charge < -0.3 is 5.32 Å². The Bertz CT molecular complexity index is 469. The van der Waals surface area contributed by atoms with Gasteiger partial charge in [0.1, 0.15) is 6.33 Å². The Kier molecular flexibility index (Phi) is 3.53. The molecule has 0 aromatic carbocycles. The number of halogens is 1. The molecule has 0 spiro atoms. The van der Waals surface area contributed by atoms with Crippen molar-refractivity contribution in [1.29, 1.82) is 0 Å². The van der Waals surface area contributed by atoms with Crippen LogP contribution in [0.1, 0.15) is 22.0 Å². The number of aryl methyl sites for hydroxylation is 1. The van der Waals surface area contributed by atoms with Gasteiger partial charge in [-0.1, -0.05) is 11.6 Å². The van der Waals surface area contributed by atoms with Crippen molar-refractivity contribution >= 4 is 22.9 Å². The fourth-order valence-corrected chi connectivity index (χ4v) is 2.99. The summed E-state index contributed by atoms with van der Waals surface area (Å²) < 4.78 is 0. The highest BCUT2D eigenvalue weighted by molar-refractivity contribution is 7.10. The molecule has 0 bridgehead atoms. The molecule has 2 aromatic heterocycles. The molecule has 0 aliphatic carbocycles. The Morgan fingerprint density at radius 2 is 2.06 bits per heavy atom. The zero-order valence-electron chi connectivity index (χ0n) is 9.07. The van der Waals surface area contributed by atoms with E-state index in [-0.39, 0.29) is 6.04 Å². The van der Waals surface area contributed by atoms with Gasteiger partial charge in [-0.15, -0.1) is 11.3 Å². The first-order valence-corrected chi connectivity index (χ1v) is 6.15. The Morgan fingerprint density at radius 1 is 1.38 bits per heavy atom. The van der Waals surface area contributed by atoms with Gasteiger partial charge in [0.15, 0.2) is 0 Å². The molecule has 0 aliphatic rings. The summed E-state index contributed by atoms with van der Waals surface area (Å²) in [5.41, 5.74) is 2.13. The second kappa shape index (κ2) is 4.91. The van der Waals surface area contributed by atoms with Crippen LogP contribution in [0, 0.1) is 6.92 Å². The average molecular weight is 254 g/mol. The normalized spacial score (nSPS) is 12.7. The molecule has 1 unspecified atom stereocenters. The van der Waals surface area contributed by atoms with Crippen molar-refractivity contribution in [2.75, 3.05) is 7.05 Å². The summed E-state index contributed by atoms with van der Waals surface area (Å²) in [7, 11) is 1.91. The van der Waals surface area contributed by atoms with Crippen LogP contribution in [-0.4, -0.2) is 17.0 Å². The first-order valence-electron chi connectivity index (χ1n) is 4.89. The van der Waals surface area contributed by atoms with Crippen LogP contribution < -0.4 is 5.32 Å². The van der Waals surface area contributed by atoms with E-state index in [1.165, 1.54) is 6.33 Å². The number of nitrogens with one attached hydrogen (secondary N) is 1. The van der Waals surface area contributed by atoms with Gasteiger partial charge >= 0.3 is 0 Å². The minimum absolute atomic E-state index is 0.0624. The summed E-state index contributed by atoms with van der Waals surface area (Å²) in [5, 5.41) is 6.12. The van der Waals surface area contributed by atoms with Gasteiger partial charge in [-0.3, -0.25) is 0 Å². The van der Waals surface area contributed by atoms with Crippen LogP contribution in [0.5, 0.6) is 0 Å². The minimum Gasteiger partial charge on any atom is -0.309 e. The number of hydrogen-bond donors (Lipinski definition) is 1. The lowest BCUT2D eigenvalue weighted by molar-refractivity contribution is 0.696. The zero-order valence-corrected chi connectivity index (χ0v) is 10.6. The summed E-state index contributed by atoms with van der Waals surface area (Å²) >= 11 is 7.92. The Balaban J connectivity index is 2.41. The smallest absolute Gasteiger partial charge is 0.115 e. The molecule has 2 aromatic rings. The topological polar surface area (TPSA) is 37.8 Å². The maximum Gasteiger partial charge on any atom is 0.115 e. The predicted molar refractivity (Wildman–Crippen MR) is 67.0 cm³/mol. The molecule has 5 heteroatoms. The monoisotopic (exact) mass is 253 g/mol. The summed E-state index contributed by atoms with van der Waals surface area (Å²) in [6.45, 7) is 2.01. The van der Waals surface area contributed by atoms with Crippen molar-refractivity contribution in [1.82, 2.24) is 15.3 Å². The SMILES string of the molecule is CNC(c1cncnc1)c1scc(C)c1Cl. The summed E-state index contributed by atoms with van der Waals surface area (Å²) in [6.07, 6.45) is 5.14. The van der Waals surface area contributed by atoms with E-state index in [0.717, 1.165) is 21.0 Å². The molecule has 0 saturated carbocycles. The van der Waals surface area contributed by atoms with Crippen molar-refractivity contribution in [2.45, 2.75) is 13.0 Å². The van der Waals surface area contributed by atoms with E-state index in [0.29, 0.717) is 0 Å². The maximum atomic E-state index is 6.26. The van der Waals surface area contributed by atoms with E-state index in [2.05, 4.69) is 20.7 Å². The number of thiophene rings is 1. The van der Waals surface area contributed by atoms with Gasteiger partial charge in [-0.05, 0) is 24.9 Å². The highest BCUT2D eigenvalue weighted by atomic mass is 35.5. The van der Waals surface area contributed by atoms with Gasteiger partial charge in [0.2, 0.25) is 0 Å². The molecular formula is C11H12ClN3S. The first-order chi connectivity index (χ1) is 7.74. The molecule has 84 valence electrons. The van der Waals surface area contributed by atoms with E-state index in [1.54, 1.807) is 23.7 Å². The highest BCUT2D eigenvalue weighted by Crippen LogP contribution is 2.34. The van der Waals surface area contributed by atoms with Gasteiger partial charge in [0.25, 0.3) is 0 Å². The zero-order chi connectivity index (χ0) is 11.5. The van der Waals surface area contributed by atoms with Crippen LogP contribution in [0.15, 0.2) is 24.1 Å². The standard InChI is InChI=1S/C11H12ClN3S/c1-7-5-16-11(9(7)12)10(13-2)8-3-14-6-15-4-8/h3-6,10,13H,1-2H3. The van der Waals surface area contributed by atoms with E-state index in [9.17, 15) is 0 Å². The van der Waals surface area contributed by atoms with Crippen LogP contribution in [0.2, 0.25) is 5.02 Å². The fraction of sp³-hybridized carbons (Fsp3) is 0.273. The number of hydrogen-bond acceptors (Lipinski definition) is 4. The second-order valence-electron chi connectivity index (χ2n) is 3.49. The quantitative estimate of drug-likeness (QED) is 0.914. The number of rotatable bonds is 3. The first kappa shape index (κ1) is 11.5. The fourth-order valence-electron chi connectivity index (χ4n) is 1.55.